The second-order valence-electron chi connectivity index (χ2n) is 5.98. The summed E-state index contributed by atoms with van der Waals surface area (Å²) in [4.78, 5) is 20.3. The van der Waals surface area contributed by atoms with Gasteiger partial charge in [0.1, 0.15) is 5.82 Å². The van der Waals surface area contributed by atoms with Gasteiger partial charge in [0.05, 0.1) is 30.9 Å². The van der Waals surface area contributed by atoms with Crippen molar-refractivity contribution in [1.29, 1.82) is 0 Å². The van der Waals surface area contributed by atoms with E-state index in [0.717, 1.165) is 29.5 Å². The molecule has 0 fully saturated rings. The average molecular weight is 341 g/mol. The van der Waals surface area contributed by atoms with Gasteiger partial charge in [-0.3, -0.25) is 9.48 Å². The third kappa shape index (κ3) is 2.75. The lowest BCUT2D eigenvalue weighted by molar-refractivity contribution is -0.133. The number of rotatable bonds is 4. The van der Waals surface area contributed by atoms with E-state index in [1.807, 2.05) is 45.6 Å². The van der Waals surface area contributed by atoms with Crippen molar-refractivity contribution in [3.8, 4) is 0 Å². The van der Waals surface area contributed by atoms with Crippen molar-refractivity contribution in [2.24, 2.45) is 0 Å². The second-order valence-corrected chi connectivity index (χ2v) is 7.01. The maximum atomic E-state index is 12.6. The molecule has 24 heavy (non-hydrogen) atoms. The molecule has 124 valence electrons. The molecule has 3 aromatic rings. The summed E-state index contributed by atoms with van der Waals surface area (Å²) < 4.78 is 4.12. The van der Waals surface area contributed by atoms with Crippen molar-refractivity contribution in [2.75, 3.05) is 6.54 Å². The Hall–Kier alpha value is -2.41. The van der Waals surface area contributed by atoms with Gasteiger partial charge in [-0.05, 0) is 24.4 Å². The summed E-state index contributed by atoms with van der Waals surface area (Å²) in [7, 11) is 0. The zero-order valence-corrected chi connectivity index (χ0v) is 14.3. The third-order valence-corrected chi connectivity index (χ3v) is 5.36. The Labute approximate surface area is 144 Å². The van der Waals surface area contributed by atoms with Crippen LogP contribution in [0.1, 0.15) is 29.4 Å². The fourth-order valence-electron chi connectivity index (χ4n) is 3.25. The zero-order chi connectivity index (χ0) is 16.5. The summed E-state index contributed by atoms with van der Waals surface area (Å²) in [6, 6.07) is 5.92. The molecular weight excluding hydrogens is 322 g/mol. The van der Waals surface area contributed by atoms with Gasteiger partial charge < -0.3 is 9.47 Å². The van der Waals surface area contributed by atoms with Gasteiger partial charge in [0.2, 0.25) is 5.91 Å². The minimum Gasteiger partial charge on any atom is -0.331 e. The molecule has 0 saturated carbocycles. The van der Waals surface area contributed by atoms with E-state index in [4.69, 9.17) is 0 Å². The van der Waals surface area contributed by atoms with Gasteiger partial charge in [0.25, 0.3) is 0 Å². The van der Waals surface area contributed by atoms with Crippen LogP contribution in [0.25, 0.3) is 0 Å². The molecule has 0 saturated heterocycles. The lowest BCUT2D eigenvalue weighted by atomic mass is 10.1. The van der Waals surface area contributed by atoms with Crippen LogP contribution in [0, 0.1) is 0 Å². The first-order chi connectivity index (χ1) is 11.7. The molecular formula is C17H19N5OS. The largest absolute Gasteiger partial charge is 0.331 e. The van der Waals surface area contributed by atoms with Crippen LogP contribution >= 0.6 is 11.3 Å². The molecule has 1 aliphatic heterocycles. The van der Waals surface area contributed by atoms with E-state index in [0.29, 0.717) is 13.0 Å². The maximum absolute atomic E-state index is 12.6. The monoisotopic (exact) mass is 341 g/mol. The molecule has 0 aromatic carbocycles. The van der Waals surface area contributed by atoms with Crippen LogP contribution in [-0.4, -0.2) is 36.7 Å². The van der Waals surface area contributed by atoms with Crippen molar-refractivity contribution in [2.45, 2.75) is 32.5 Å². The highest BCUT2D eigenvalue weighted by Gasteiger charge is 2.30. The number of aromatic nitrogens is 4. The maximum Gasteiger partial charge on any atom is 0.228 e. The lowest BCUT2D eigenvalue weighted by Crippen LogP contribution is -2.42. The SMILES string of the molecule is C[C@@H]1c2ncc(Cn3cccn3)n2CCN1C(=O)Cc1cccs1. The Morgan fingerprint density at radius 2 is 2.29 bits per heavy atom. The van der Waals surface area contributed by atoms with Crippen LogP contribution in [0.3, 0.4) is 0 Å². The molecule has 1 atom stereocenters. The van der Waals surface area contributed by atoms with Gasteiger partial charge >= 0.3 is 0 Å². The minimum atomic E-state index is -0.00224. The van der Waals surface area contributed by atoms with Gasteiger partial charge in [0, 0.05) is 30.4 Å². The Bertz CT molecular complexity index is 821. The first-order valence-electron chi connectivity index (χ1n) is 8.06. The first kappa shape index (κ1) is 15.1. The van der Waals surface area contributed by atoms with Crippen LogP contribution in [0.15, 0.2) is 42.2 Å². The summed E-state index contributed by atoms with van der Waals surface area (Å²) in [5.74, 6) is 1.13. The number of carbonyl (C=O) groups excluding carboxylic acids is 1. The number of carbonyl (C=O) groups is 1. The Kier molecular flexibility index (Phi) is 3.93. The summed E-state index contributed by atoms with van der Waals surface area (Å²) in [5.41, 5.74) is 1.13. The number of amides is 1. The second kappa shape index (κ2) is 6.24. The van der Waals surface area contributed by atoms with E-state index in [1.54, 1.807) is 17.5 Å². The summed E-state index contributed by atoms with van der Waals surface area (Å²) >= 11 is 1.63. The zero-order valence-electron chi connectivity index (χ0n) is 13.5. The first-order valence-corrected chi connectivity index (χ1v) is 8.94. The lowest BCUT2D eigenvalue weighted by Gasteiger charge is -2.34. The minimum absolute atomic E-state index is 0.00224. The molecule has 0 spiro atoms. The smallest absolute Gasteiger partial charge is 0.228 e. The average Bonchev–Trinajstić information content (AvgIpc) is 3.31. The van der Waals surface area contributed by atoms with E-state index in [2.05, 4.69) is 21.6 Å². The van der Waals surface area contributed by atoms with E-state index in [9.17, 15) is 4.79 Å². The highest BCUT2D eigenvalue weighted by Crippen LogP contribution is 2.26. The van der Waals surface area contributed by atoms with Crippen molar-refractivity contribution in [3.63, 3.8) is 0 Å². The normalized spacial score (nSPS) is 17.0. The van der Waals surface area contributed by atoms with Crippen molar-refractivity contribution < 1.29 is 4.79 Å². The van der Waals surface area contributed by atoms with Crippen LogP contribution in [-0.2, 0) is 24.3 Å². The molecule has 0 unspecified atom stereocenters. The predicted molar refractivity (Wildman–Crippen MR) is 91.7 cm³/mol. The fourth-order valence-corrected chi connectivity index (χ4v) is 3.95. The molecule has 0 N–H and O–H groups in total. The number of imidazole rings is 1. The van der Waals surface area contributed by atoms with Crippen molar-refractivity contribution in [3.05, 3.63) is 58.6 Å². The van der Waals surface area contributed by atoms with Gasteiger partial charge in [0.15, 0.2) is 0 Å². The highest BCUT2D eigenvalue weighted by molar-refractivity contribution is 7.10. The van der Waals surface area contributed by atoms with Gasteiger partial charge in [-0.15, -0.1) is 11.3 Å². The molecule has 3 aromatic heterocycles. The summed E-state index contributed by atoms with van der Waals surface area (Å²) in [6.07, 6.45) is 6.10. The molecule has 0 radical (unpaired) electrons. The molecule has 4 rings (SSSR count). The quantitative estimate of drug-likeness (QED) is 0.732. The topological polar surface area (TPSA) is 56.0 Å². The van der Waals surface area contributed by atoms with E-state index in [1.165, 1.54) is 0 Å². The van der Waals surface area contributed by atoms with Crippen molar-refractivity contribution in [1.82, 2.24) is 24.2 Å². The van der Waals surface area contributed by atoms with Crippen LogP contribution in [0.2, 0.25) is 0 Å². The standard InChI is InChI=1S/C17H19N5OS/c1-13-17-18-11-14(12-20-6-3-5-19-20)22(17)8-7-21(13)16(23)10-15-4-2-9-24-15/h2-6,9,11,13H,7-8,10,12H2,1H3/t13-/m1/s1. The number of hydrogen-bond acceptors (Lipinski definition) is 4. The Morgan fingerprint density at radius 3 is 3.04 bits per heavy atom. The molecule has 4 heterocycles. The molecule has 7 heteroatoms. The van der Waals surface area contributed by atoms with Crippen LogP contribution in [0.4, 0.5) is 0 Å². The highest BCUT2D eigenvalue weighted by atomic mass is 32.1. The molecule has 0 aliphatic carbocycles. The van der Waals surface area contributed by atoms with Gasteiger partial charge in [-0.1, -0.05) is 6.07 Å². The van der Waals surface area contributed by atoms with Crippen LogP contribution in [0.5, 0.6) is 0 Å². The molecule has 1 amide bonds. The van der Waals surface area contributed by atoms with E-state index in [-0.39, 0.29) is 11.9 Å². The molecule has 1 aliphatic rings. The number of nitrogens with zero attached hydrogens (tertiary/aromatic N) is 5. The van der Waals surface area contributed by atoms with Gasteiger partial charge in [-0.2, -0.15) is 5.10 Å². The molecule has 6 nitrogen and oxygen atoms in total. The van der Waals surface area contributed by atoms with Gasteiger partial charge in [-0.25, -0.2) is 4.98 Å². The Morgan fingerprint density at radius 1 is 1.38 bits per heavy atom. The summed E-state index contributed by atoms with van der Waals surface area (Å²) in [5, 5.41) is 6.27. The number of thiophene rings is 1. The fraction of sp³-hybridized carbons (Fsp3) is 0.353. The van der Waals surface area contributed by atoms with E-state index < -0.39 is 0 Å². The van der Waals surface area contributed by atoms with Crippen molar-refractivity contribution >= 4 is 17.2 Å². The number of fused-ring (bicyclic) bond motifs is 1. The Balaban J connectivity index is 1.51. The summed E-state index contributed by atoms with van der Waals surface area (Å²) in [6.45, 7) is 4.27. The molecule has 0 bridgehead atoms. The number of hydrogen-bond donors (Lipinski definition) is 0. The van der Waals surface area contributed by atoms with Crippen LogP contribution < -0.4 is 0 Å². The predicted octanol–water partition coefficient (Wildman–Crippen LogP) is 2.34. The third-order valence-electron chi connectivity index (χ3n) is 4.48. The van der Waals surface area contributed by atoms with E-state index >= 15 is 0 Å².